The third-order valence-corrected chi connectivity index (χ3v) is 3.21. The topological polar surface area (TPSA) is 47.8 Å². The zero-order chi connectivity index (χ0) is 12.1. The summed E-state index contributed by atoms with van der Waals surface area (Å²) in [7, 11) is 0. The molecule has 0 radical (unpaired) electrons. The summed E-state index contributed by atoms with van der Waals surface area (Å²) >= 11 is 0. The minimum Gasteiger partial charge on any atom is -0.382 e. The highest BCUT2D eigenvalue weighted by atomic mass is 15.0. The number of nitrogens with zero attached hydrogens (tertiary/aromatic N) is 1. The Labute approximate surface area is 103 Å². The summed E-state index contributed by atoms with van der Waals surface area (Å²) in [5.74, 6) is 0. The van der Waals surface area contributed by atoms with Crippen molar-refractivity contribution in [2.24, 2.45) is 0 Å². The first-order chi connectivity index (χ1) is 8.28. The number of rotatable bonds is 4. The predicted molar refractivity (Wildman–Crippen MR) is 69.9 cm³/mol. The fourth-order valence-electron chi connectivity index (χ4n) is 2.41. The quantitative estimate of drug-likeness (QED) is 0.834. The van der Waals surface area contributed by atoms with Crippen molar-refractivity contribution in [3.05, 3.63) is 29.8 Å². The molecule has 90 valence electrons. The van der Waals surface area contributed by atoms with Crippen LogP contribution in [-0.2, 0) is 0 Å². The average Bonchev–Trinajstić information content (AvgIpc) is 2.82. The summed E-state index contributed by atoms with van der Waals surface area (Å²) in [6.07, 6.45) is 3.71. The van der Waals surface area contributed by atoms with Gasteiger partial charge in [-0.25, -0.2) is 0 Å². The molecule has 1 heterocycles. The van der Waals surface area contributed by atoms with Crippen molar-refractivity contribution in [2.75, 3.05) is 11.9 Å². The van der Waals surface area contributed by atoms with Crippen LogP contribution in [0.2, 0.25) is 0 Å². The number of benzene rings is 1. The van der Waals surface area contributed by atoms with E-state index >= 15 is 0 Å². The van der Waals surface area contributed by atoms with Crippen molar-refractivity contribution >= 4 is 5.69 Å². The van der Waals surface area contributed by atoms with Crippen LogP contribution in [0, 0.1) is 11.3 Å². The molecule has 2 atom stereocenters. The molecule has 2 unspecified atom stereocenters. The van der Waals surface area contributed by atoms with Crippen LogP contribution < -0.4 is 10.6 Å². The Balaban J connectivity index is 1.88. The molecule has 1 saturated heterocycles. The van der Waals surface area contributed by atoms with E-state index in [1.54, 1.807) is 0 Å². The van der Waals surface area contributed by atoms with E-state index in [0.717, 1.165) is 18.7 Å². The highest BCUT2D eigenvalue weighted by Crippen LogP contribution is 2.16. The SMILES string of the molecule is CC(CC1CCCN1)Nc1cccc(C#N)c1. The van der Waals surface area contributed by atoms with Gasteiger partial charge in [-0.2, -0.15) is 5.26 Å². The molecular weight excluding hydrogens is 210 g/mol. The minimum absolute atomic E-state index is 0.430. The monoisotopic (exact) mass is 229 g/mol. The first-order valence-corrected chi connectivity index (χ1v) is 6.28. The largest absolute Gasteiger partial charge is 0.382 e. The summed E-state index contributed by atoms with van der Waals surface area (Å²) in [6, 6.07) is 10.9. The van der Waals surface area contributed by atoms with E-state index in [-0.39, 0.29) is 0 Å². The summed E-state index contributed by atoms with van der Waals surface area (Å²) < 4.78 is 0. The molecule has 1 aromatic carbocycles. The first-order valence-electron chi connectivity index (χ1n) is 6.28. The highest BCUT2D eigenvalue weighted by molar-refractivity contribution is 5.49. The molecule has 1 aromatic rings. The van der Waals surface area contributed by atoms with Gasteiger partial charge in [0.15, 0.2) is 0 Å². The average molecular weight is 229 g/mol. The molecule has 1 fully saturated rings. The smallest absolute Gasteiger partial charge is 0.0992 e. The van der Waals surface area contributed by atoms with E-state index in [4.69, 9.17) is 5.26 Å². The fraction of sp³-hybridized carbons (Fsp3) is 0.500. The summed E-state index contributed by atoms with van der Waals surface area (Å²) in [5.41, 5.74) is 1.75. The third-order valence-electron chi connectivity index (χ3n) is 3.21. The standard InChI is InChI=1S/C14H19N3/c1-11(8-13-6-3-7-16-13)17-14-5-2-4-12(9-14)10-15/h2,4-5,9,11,13,16-17H,3,6-8H2,1H3. The molecule has 0 amide bonds. The Hall–Kier alpha value is -1.53. The molecule has 3 nitrogen and oxygen atoms in total. The molecular formula is C14H19N3. The number of hydrogen-bond acceptors (Lipinski definition) is 3. The molecule has 0 aliphatic carbocycles. The van der Waals surface area contributed by atoms with Gasteiger partial charge in [-0.15, -0.1) is 0 Å². The lowest BCUT2D eigenvalue weighted by Crippen LogP contribution is -2.29. The van der Waals surface area contributed by atoms with Gasteiger partial charge in [-0.3, -0.25) is 0 Å². The van der Waals surface area contributed by atoms with Crippen molar-refractivity contribution in [3.8, 4) is 6.07 Å². The fourth-order valence-corrected chi connectivity index (χ4v) is 2.41. The van der Waals surface area contributed by atoms with Gasteiger partial charge in [0.05, 0.1) is 11.6 Å². The highest BCUT2D eigenvalue weighted by Gasteiger charge is 2.16. The van der Waals surface area contributed by atoms with Crippen LogP contribution in [0.25, 0.3) is 0 Å². The molecule has 2 rings (SSSR count). The molecule has 2 N–H and O–H groups in total. The Morgan fingerprint density at radius 2 is 2.47 bits per heavy atom. The number of nitrogens with one attached hydrogen (secondary N) is 2. The molecule has 3 heteroatoms. The molecule has 0 spiro atoms. The predicted octanol–water partition coefficient (Wildman–Crippen LogP) is 2.50. The molecule has 0 bridgehead atoms. The van der Waals surface area contributed by atoms with Gasteiger partial charge in [-0.1, -0.05) is 6.07 Å². The lowest BCUT2D eigenvalue weighted by molar-refractivity contribution is 0.523. The van der Waals surface area contributed by atoms with Gasteiger partial charge in [-0.05, 0) is 50.9 Å². The van der Waals surface area contributed by atoms with E-state index in [9.17, 15) is 0 Å². The Bertz CT molecular complexity index is 402. The molecule has 1 aliphatic heterocycles. The maximum Gasteiger partial charge on any atom is 0.0992 e. The second-order valence-corrected chi connectivity index (χ2v) is 4.77. The zero-order valence-corrected chi connectivity index (χ0v) is 10.2. The van der Waals surface area contributed by atoms with Crippen LogP contribution in [0.15, 0.2) is 24.3 Å². The Morgan fingerprint density at radius 1 is 1.59 bits per heavy atom. The molecule has 1 aliphatic rings. The van der Waals surface area contributed by atoms with Crippen LogP contribution in [-0.4, -0.2) is 18.6 Å². The van der Waals surface area contributed by atoms with E-state index in [1.807, 2.05) is 24.3 Å². The third kappa shape index (κ3) is 3.47. The van der Waals surface area contributed by atoms with E-state index in [2.05, 4.69) is 23.6 Å². The Kier molecular flexibility index (Phi) is 4.00. The van der Waals surface area contributed by atoms with Crippen molar-refractivity contribution in [3.63, 3.8) is 0 Å². The van der Waals surface area contributed by atoms with Crippen molar-refractivity contribution in [2.45, 2.75) is 38.3 Å². The summed E-state index contributed by atoms with van der Waals surface area (Å²) in [4.78, 5) is 0. The van der Waals surface area contributed by atoms with E-state index < -0.39 is 0 Å². The maximum absolute atomic E-state index is 8.84. The molecule has 0 saturated carbocycles. The van der Waals surface area contributed by atoms with E-state index in [0.29, 0.717) is 17.6 Å². The first kappa shape index (κ1) is 11.9. The van der Waals surface area contributed by atoms with Crippen LogP contribution in [0.3, 0.4) is 0 Å². The maximum atomic E-state index is 8.84. The number of hydrogen-bond donors (Lipinski definition) is 2. The van der Waals surface area contributed by atoms with Gasteiger partial charge in [0.1, 0.15) is 0 Å². The van der Waals surface area contributed by atoms with Crippen molar-refractivity contribution in [1.82, 2.24) is 5.32 Å². The number of anilines is 1. The number of nitriles is 1. The van der Waals surface area contributed by atoms with Gasteiger partial charge in [0.2, 0.25) is 0 Å². The van der Waals surface area contributed by atoms with Gasteiger partial charge >= 0.3 is 0 Å². The van der Waals surface area contributed by atoms with Gasteiger partial charge in [0.25, 0.3) is 0 Å². The van der Waals surface area contributed by atoms with Gasteiger partial charge < -0.3 is 10.6 Å². The summed E-state index contributed by atoms with van der Waals surface area (Å²) in [6.45, 7) is 3.35. The summed E-state index contributed by atoms with van der Waals surface area (Å²) in [5, 5.41) is 15.8. The molecule has 0 aromatic heterocycles. The normalized spacial score (nSPS) is 20.8. The second-order valence-electron chi connectivity index (χ2n) is 4.77. The van der Waals surface area contributed by atoms with Crippen LogP contribution in [0.5, 0.6) is 0 Å². The van der Waals surface area contributed by atoms with Crippen LogP contribution >= 0.6 is 0 Å². The lowest BCUT2D eigenvalue weighted by Gasteiger charge is -2.19. The van der Waals surface area contributed by atoms with Crippen molar-refractivity contribution < 1.29 is 0 Å². The zero-order valence-electron chi connectivity index (χ0n) is 10.2. The van der Waals surface area contributed by atoms with Gasteiger partial charge in [0, 0.05) is 17.8 Å². The molecule has 17 heavy (non-hydrogen) atoms. The Morgan fingerprint density at radius 3 is 3.18 bits per heavy atom. The van der Waals surface area contributed by atoms with Crippen LogP contribution in [0.4, 0.5) is 5.69 Å². The van der Waals surface area contributed by atoms with E-state index in [1.165, 1.54) is 12.8 Å². The minimum atomic E-state index is 0.430. The second kappa shape index (κ2) is 5.70. The van der Waals surface area contributed by atoms with Crippen molar-refractivity contribution in [1.29, 1.82) is 5.26 Å². The lowest BCUT2D eigenvalue weighted by atomic mass is 10.1. The van der Waals surface area contributed by atoms with Crippen LogP contribution in [0.1, 0.15) is 31.7 Å².